The van der Waals surface area contributed by atoms with Gasteiger partial charge in [-0.3, -0.25) is 68.5 Å². The minimum absolute atomic E-state index is 0. The number of imidazole rings is 2. The van der Waals surface area contributed by atoms with E-state index in [2.05, 4.69) is 49.8 Å². The number of aromatic amines is 6. The normalized spacial score (nSPS) is 26.4. The van der Waals surface area contributed by atoms with Crippen molar-refractivity contribution >= 4 is 69.6 Å². The molecule has 4 fully saturated rings. The van der Waals surface area contributed by atoms with Gasteiger partial charge >= 0.3 is 11.4 Å². The van der Waals surface area contributed by atoms with E-state index in [1.165, 1.54) is 9.80 Å². The van der Waals surface area contributed by atoms with Crippen molar-refractivity contribution < 1.29 is 69.4 Å². The number of aliphatic hydroxyl groups excluding tert-OH is 8. The minimum atomic E-state index is -0.902. The second-order valence-electron chi connectivity index (χ2n) is 18.7. The molecule has 6 aliphatic rings. The smallest absolute Gasteiger partial charge is 0.329 e. The first kappa shape index (κ1) is 66.5. The molecule has 38 heteroatoms. The molecule has 0 radical (unpaired) electrons. The Bertz CT molecular complexity index is 3470. The van der Waals surface area contributed by atoms with Gasteiger partial charge in [0.25, 0.3) is 22.2 Å². The second-order valence-corrected chi connectivity index (χ2v) is 18.7. The lowest BCUT2D eigenvalue weighted by atomic mass is 10.2. The number of carbonyl (C=O) groups excluding carboxylic acids is 2. The van der Waals surface area contributed by atoms with E-state index in [0.717, 1.165) is 9.13 Å². The highest BCUT2D eigenvalue weighted by Crippen LogP contribution is 2.35. The van der Waals surface area contributed by atoms with E-state index < -0.39 is 107 Å². The van der Waals surface area contributed by atoms with Crippen LogP contribution in [0.5, 0.6) is 0 Å². The van der Waals surface area contributed by atoms with Crippen molar-refractivity contribution in [1.82, 2.24) is 59.0 Å². The molecule has 12 rings (SSSR count). The number of ether oxygens (including phenoxy) is 4. The summed E-state index contributed by atoms with van der Waals surface area (Å²) in [6.07, 6.45) is -9.46. The number of rotatable bonds is 8. The lowest BCUT2D eigenvalue weighted by molar-refractivity contribution is -0.121. The molecule has 0 unspecified atom stereocenters. The number of aliphatic hydroxyl groups is 8. The first-order valence-electron chi connectivity index (χ1n) is 24.2. The zero-order valence-corrected chi connectivity index (χ0v) is 41.4. The van der Waals surface area contributed by atoms with Crippen LogP contribution in [0.1, 0.15) is 79.0 Å². The molecule has 0 spiro atoms. The van der Waals surface area contributed by atoms with Gasteiger partial charge in [-0.05, 0) is 0 Å². The summed E-state index contributed by atoms with van der Waals surface area (Å²) in [4.78, 5) is 127. The molecule has 0 aliphatic carbocycles. The highest BCUT2D eigenvalue weighted by Gasteiger charge is 2.46. The SMILES string of the molecule is C.C.C.C.Nc1nc2c([nH]c(=O)n2[C@H]2C[C@@H](O)[C@@H](CO)O2)c(=O)[nH]1.Nc1nc2c([nH]c(=O)n2[C@H]2C[C@@H](O)[C@@H](CO)O2)c(=O)[nH]1.Nc1nc2c(c(=O)[nH]1)CC(=O)N2[C@H]1C[C@@H](O)[C@@H](CO)O1.Nc1nc2c(c(=O)[nH]1)CC(=O)N2[C@H]1C[C@@H](O)[C@@H](CO)O1. The Morgan fingerprint density at radius 1 is 0.417 bits per heavy atom. The average molecular weight is 1200 g/mol. The Kier molecular flexibility index (Phi) is 21.0. The minimum Gasteiger partial charge on any atom is -0.394 e. The van der Waals surface area contributed by atoms with Crippen LogP contribution in [0.3, 0.4) is 0 Å². The van der Waals surface area contributed by atoms with Crippen molar-refractivity contribution in [3.05, 3.63) is 73.5 Å². The van der Waals surface area contributed by atoms with Gasteiger partial charge in [0.15, 0.2) is 34.0 Å². The molecule has 6 aromatic rings. The summed E-state index contributed by atoms with van der Waals surface area (Å²) in [6, 6.07) is 0. The third-order valence-corrected chi connectivity index (χ3v) is 13.6. The third kappa shape index (κ3) is 12.6. The van der Waals surface area contributed by atoms with Gasteiger partial charge in [0.1, 0.15) is 49.3 Å². The fourth-order valence-corrected chi connectivity index (χ4v) is 9.77. The summed E-state index contributed by atoms with van der Waals surface area (Å²) >= 11 is 0. The van der Waals surface area contributed by atoms with Crippen molar-refractivity contribution in [2.24, 2.45) is 0 Å². The summed E-state index contributed by atoms with van der Waals surface area (Å²) < 4.78 is 23.8. The highest BCUT2D eigenvalue weighted by molar-refractivity contribution is 6.01. The zero-order valence-electron chi connectivity index (χ0n) is 41.4. The Labute approximate surface area is 471 Å². The number of nitrogen functional groups attached to an aromatic ring is 4. The van der Waals surface area contributed by atoms with Gasteiger partial charge in [-0.15, -0.1) is 0 Å². The summed E-state index contributed by atoms with van der Waals surface area (Å²) in [5.41, 5.74) is 19.2. The van der Waals surface area contributed by atoms with E-state index in [4.69, 9.17) is 62.3 Å². The van der Waals surface area contributed by atoms with E-state index in [9.17, 15) is 58.8 Å². The van der Waals surface area contributed by atoms with Gasteiger partial charge < -0.3 is 82.7 Å². The van der Waals surface area contributed by atoms with Crippen molar-refractivity contribution in [3.63, 3.8) is 0 Å². The third-order valence-electron chi connectivity index (χ3n) is 13.6. The molecule has 4 saturated heterocycles. The lowest BCUT2D eigenvalue weighted by Crippen LogP contribution is -2.38. The number of H-pyrrole nitrogens is 6. The Balaban J connectivity index is 0.000000202. The first-order valence-corrected chi connectivity index (χ1v) is 24.2. The number of amides is 2. The monoisotopic (exact) mass is 1190 g/mol. The standard InChI is InChI=1S/2C11H14N4O5.2C10H13N5O5.4CH4/c2*12-11-13-9-4(10(19)14-11)1-7(18)15(9)8-2-5(17)6(3-16)20-8;2*11-9-13-7-6(8(18)14-9)12-10(19)15(7)5-1-3(17)4(2-16)20-5;;;;/h2*5-6,8,16-17H,1-3H2,(H3,12,13,14,19);2*3-5,16-17H,1-2H2,(H,12,19)(H3,11,13,14,18);4*1H4/t2*5-,6-,8-;2*3-,4-,5-;;;;/m1111..../s1. The van der Waals surface area contributed by atoms with Crippen LogP contribution >= 0.6 is 0 Å². The molecular weight excluding hydrogens is 1120 g/mol. The van der Waals surface area contributed by atoms with Crippen molar-refractivity contribution in [1.29, 1.82) is 0 Å². The van der Waals surface area contributed by atoms with E-state index in [1.54, 1.807) is 0 Å². The lowest BCUT2D eigenvalue weighted by Gasteiger charge is -2.23. The fourth-order valence-electron chi connectivity index (χ4n) is 9.77. The maximum atomic E-state index is 12.1. The van der Waals surface area contributed by atoms with E-state index in [1.807, 2.05) is 0 Å². The fraction of sp³-hybridized carbons (Fsp3) is 0.565. The molecule has 464 valence electrons. The van der Waals surface area contributed by atoms with Crippen molar-refractivity contribution in [2.45, 2.75) is 142 Å². The zero-order chi connectivity index (χ0) is 57.8. The van der Waals surface area contributed by atoms with Crippen molar-refractivity contribution in [2.75, 3.05) is 59.2 Å². The Hall–Kier alpha value is -8.28. The van der Waals surface area contributed by atoms with Gasteiger partial charge in [-0.2, -0.15) is 19.9 Å². The predicted octanol–water partition coefficient (Wildman–Crippen LogP) is -6.77. The number of hydrogen-bond acceptors (Lipinski definition) is 28. The first-order chi connectivity index (χ1) is 38.0. The molecule has 2 amide bonds. The molecule has 12 atom stereocenters. The number of carbonyl (C=O) groups is 2. The molecule has 0 bridgehead atoms. The summed E-state index contributed by atoms with van der Waals surface area (Å²) in [5.74, 6) is -0.825. The average Bonchev–Trinajstić information content (AvgIpc) is 1.91. The number of anilines is 6. The summed E-state index contributed by atoms with van der Waals surface area (Å²) in [5, 5.41) is 75.1. The van der Waals surface area contributed by atoms with Gasteiger partial charge in [-0.25, -0.2) is 18.7 Å². The number of nitrogens with two attached hydrogens (primary N) is 4. The molecule has 22 N–H and O–H groups in total. The molecule has 6 aliphatic heterocycles. The molecular formula is C46H70N18O20. The van der Waals surface area contributed by atoms with Gasteiger partial charge in [0, 0.05) is 25.7 Å². The van der Waals surface area contributed by atoms with Crippen LogP contribution in [-0.2, 0) is 41.4 Å². The van der Waals surface area contributed by atoms with E-state index in [-0.39, 0.29) is 175 Å². The highest BCUT2D eigenvalue weighted by atomic mass is 16.6. The number of nitrogens with one attached hydrogen (secondary N) is 6. The predicted molar refractivity (Wildman–Crippen MR) is 295 cm³/mol. The van der Waals surface area contributed by atoms with Crippen LogP contribution in [0.4, 0.5) is 35.4 Å². The quantitative estimate of drug-likeness (QED) is 0.0673. The van der Waals surface area contributed by atoms with Crippen LogP contribution in [0.25, 0.3) is 22.3 Å². The number of hydrogen-bond donors (Lipinski definition) is 18. The van der Waals surface area contributed by atoms with Crippen LogP contribution in [0.2, 0.25) is 0 Å². The van der Waals surface area contributed by atoms with E-state index in [0.29, 0.717) is 0 Å². The Morgan fingerprint density at radius 3 is 0.988 bits per heavy atom. The number of nitrogens with zero attached hydrogens (tertiary/aromatic N) is 8. The largest absolute Gasteiger partial charge is 0.394 e. The molecule has 6 aromatic heterocycles. The number of aromatic nitrogens is 12. The topological polar surface area (TPSA) is 602 Å². The van der Waals surface area contributed by atoms with Crippen LogP contribution in [-0.4, -0.2) is 199 Å². The van der Waals surface area contributed by atoms with Crippen LogP contribution in [0, 0.1) is 0 Å². The van der Waals surface area contributed by atoms with Crippen LogP contribution < -0.4 is 66.4 Å². The summed E-state index contributed by atoms with van der Waals surface area (Å²) in [7, 11) is 0. The van der Waals surface area contributed by atoms with Crippen molar-refractivity contribution in [3.8, 4) is 0 Å². The molecule has 0 saturated carbocycles. The number of fused-ring (bicyclic) bond motifs is 4. The molecule has 84 heavy (non-hydrogen) atoms. The maximum Gasteiger partial charge on any atom is 0.329 e. The Morgan fingerprint density at radius 2 is 0.690 bits per heavy atom. The summed E-state index contributed by atoms with van der Waals surface area (Å²) in [6.45, 7) is -1.44. The second kappa shape index (κ2) is 26.5. The maximum absolute atomic E-state index is 12.1. The van der Waals surface area contributed by atoms with Gasteiger partial charge in [0.2, 0.25) is 35.6 Å². The molecule has 0 aromatic carbocycles. The molecule has 38 nitrogen and oxygen atoms in total. The van der Waals surface area contributed by atoms with E-state index >= 15 is 0 Å². The van der Waals surface area contributed by atoms with Crippen LogP contribution in [0.15, 0.2) is 28.8 Å². The van der Waals surface area contributed by atoms with Gasteiger partial charge in [-0.1, -0.05) is 29.7 Å². The van der Waals surface area contributed by atoms with Gasteiger partial charge in [0.05, 0.1) is 74.8 Å². The molecule has 12 heterocycles.